The average Bonchev–Trinajstić information content (AvgIpc) is 2.68. The van der Waals surface area contributed by atoms with Crippen molar-refractivity contribution in [2.75, 3.05) is 39.5 Å². The number of carboxylic acids is 1. The van der Waals surface area contributed by atoms with Gasteiger partial charge in [-0.3, -0.25) is 4.90 Å². The number of hydrogen-bond acceptors (Lipinski definition) is 4. The SMILES string of the molecule is O=C(O)c1ccc(-c2ccc(C(F)(F)F)cc2)c(OCCN2CCOCC2)c1. The third-order valence-electron chi connectivity index (χ3n) is 4.52. The Morgan fingerprint density at radius 3 is 2.39 bits per heavy atom. The molecule has 5 nitrogen and oxygen atoms in total. The maximum Gasteiger partial charge on any atom is 0.416 e. The Hall–Kier alpha value is -2.58. The molecule has 150 valence electrons. The van der Waals surface area contributed by atoms with Crippen LogP contribution in [0.25, 0.3) is 11.1 Å². The molecule has 0 bridgehead atoms. The summed E-state index contributed by atoms with van der Waals surface area (Å²) in [5.41, 5.74) is 0.372. The van der Waals surface area contributed by atoms with Gasteiger partial charge >= 0.3 is 12.1 Å². The van der Waals surface area contributed by atoms with Gasteiger partial charge in [-0.1, -0.05) is 12.1 Å². The van der Waals surface area contributed by atoms with Crippen molar-refractivity contribution in [2.45, 2.75) is 6.18 Å². The number of hydrogen-bond donors (Lipinski definition) is 1. The smallest absolute Gasteiger partial charge is 0.416 e. The van der Waals surface area contributed by atoms with E-state index in [0.717, 1.165) is 25.2 Å². The van der Waals surface area contributed by atoms with Crippen molar-refractivity contribution in [2.24, 2.45) is 0 Å². The van der Waals surface area contributed by atoms with Gasteiger partial charge in [-0.05, 0) is 35.9 Å². The van der Waals surface area contributed by atoms with Crippen LogP contribution in [-0.2, 0) is 10.9 Å². The predicted molar refractivity (Wildman–Crippen MR) is 96.6 cm³/mol. The molecular weight excluding hydrogens is 375 g/mol. The molecule has 0 radical (unpaired) electrons. The highest BCUT2D eigenvalue weighted by atomic mass is 19.4. The molecule has 2 aromatic carbocycles. The van der Waals surface area contributed by atoms with E-state index in [1.54, 1.807) is 6.07 Å². The van der Waals surface area contributed by atoms with E-state index in [1.807, 2.05) is 0 Å². The van der Waals surface area contributed by atoms with Crippen LogP contribution in [-0.4, -0.2) is 55.4 Å². The van der Waals surface area contributed by atoms with Gasteiger partial charge in [0.2, 0.25) is 0 Å². The third kappa shape index (κ3) is 5.02. The monoisotopic (exact) mass is 395 g/mol. The van der Waals surface area contributed by atoms with Gasteiger partial charge in [-0.25, -0.2) is 4.79 Å². The summed E-state index contributed by atoms with van der Waals surface area (Å²) < 4.78 is 49.5. The Morgan fingerprint density at radius 2 is 1.79 bits per heavy atom. The molecule has 1 saturated heterocycles. The molecule has 1 fully saturated rings. The maximum atomic E-state index is 12.8. The minimum Gasteiger partial charge on any atom is -0.492 e. The highest BCUT2D eigenvalue weighted by molar-refractivity contribution is 5.89. The number of nitrogens with zero attached hydrogens (tertiary/aromatic N) is 1. The summed E-state index contributed by atoms with van der Waals surface area (Å²) in [6, 6.07) is 9.06. The predicted octanol–water partition coefficient (Wildman–Crippen LogP) is 3.78. The topological polar surface area (TPSA) is 59.0 Å². The second-order valence-corrected chi connectivity index (χ2v) is 6.39. The van der Waals surface area contributed by atoms with Crippen LogP contribution >= 0.6 is 0 Å². The summed E-state index contributed by atoms with van der Waals surface area (Å²) in [6.07, 6.45) is -4.41. The highest BCUT2D eigenvalue weighted by Gasteiger charge is 2.30. The molecule has 0 spiro atoms. The van der Waals surface area contributed by atoms with E-state index in [0.29, 0.717) is 43.2 Å². The average molecular weight is 395 g/mol. The van der Waals surface area contributed by atoms with Crippen molar-refractivity contribution < 1.29 is 32.5 Å². The number of aromatic carboxylic acids is 1. The molecular formula is C20H20F3NO4. The molecule has 0 saturated carbocycles. The van der Waals surface area contributed by atoms with E-state index in [1.165, 1.54) is 24.3 Å². The number of benzene rings is 2. The maximum absolute atomic E-state index is 12.8. The zero-order valence-corrected chi connectivity index (χ0v) is 15.0. The summed E-state index contributed by atoms with van der Waals surface area (Å²) in [5.74, 6) is -0.773. The Labute approximate surface area is 160 Å². The minimum absolute atomic E-state index is 0.0528. The van der Waals surface area contributed by atoms with Crippen molar-refractivity contribution in [3.05, 3.63) is 53.6 Å². The number of carboxylic acid groups (broad SMARTS) is 1. The second kappa shape index (κ2) is 8.62. The van der Waals surface area contributed by atoms with Crippen molar-refractivity contribution in [1.82, 2.24) is 4.90 Å². The number of halogens is 3. The van der Waals surface area contributed by atoms with Crippen molar-refractivity contribution in [3.63, 3.8) is 0 Å². The highest BCUT2D eigenvalue weighted by Crippen LogP contribution is 2.34. The van der Waals surface area contributed by atoms with Crippen LogP contribution in [0.1, 0.15) is 15.9 Å². The van der Waals surface area contributed by atoms with Gasteiger partial charge in [-0.2, -0.15) is 13.2 Å². The Morgan fingerprint density at radius 1 is 1.11 bits per heavy atom. The third-order valence-corrected chi connectivity index (χ3v) is 4.52. The molecule has 0 unspecified atom stereocenters. The molecule has 1 N–H and O–H groups in total. The van der Waals surface area contributed by atoms with Crippen molar-refractivity contribution in [3.8, 4) is 16.9 Å². The molecule has 3 rings (SSSR count). The van der Waals surface area contributed by atoms with Crippen LogP contribution in [0.5, 0.6) is 5.75 Å². The molecule has 0 aliphatic carbocycles. The first kappa shape index (κ1) is 20.2. The molecule has 1 aliphatic rings. The molecule has 0 atom stereocenters. The molecule has 0 amide bonds. The molecule has 2 aromatic rings. The largest absolute Gasteiger partial charge is 0.492 e. The zero-order valence-electron chi connectivity index (χ0n) is 15.0. The van der Waals surface area contributed by atoms with Crippen LogP contribution in [0.2, 0.25) is 0 Å². The van der Waals surface area contributed by atoms with Crippen LogP contribution in [0.4, 0.5) is 13.2 Å². The number of ether oxygens (including phenoxy) is 2. The summed E-state index contributed by atoms with van der Waals surface area (Å²) >= 11 is 0. The molecule has 1 heterocycles. The number of alkyl halides is 3. The van der Waals surface area contributed by atoms with E-state index >= 15 is 0 Å². The van der Waals surface area contributed by atoms with Gasteiger partial charge in [0.05, 0.1) is 24.3 Å². The van der Waals surface area contributed by atoms with Crippen LogP contribution in [0.3, 0.4) is 0 Å². The number of rotatable bonds is 6. The first-order valence-corrected chi connectivity index (χ1v) is 8.82. The summed E-state index contributed by atoms with van der Waals surface area (Å²) in [4.78, 5) is 13.4. The fraction of sp³-hybridized carbons (Fsp3) is 0.350. The molecule has 0 aromatic heterocycles. The van der Waals surface area contributed by atoms with E-state index in [9.17, 15) is 23.1 Å². The van der Waals surface area contributed by atoms with E-state index in [4.69, 9.17) is 9.47 Å². The van der Waals surface area contributed by atoms with E-state index in [2.05, 4.69) is 4.90 Å². The van der Waals surface area contributed by atoms with Crippen LogP contribution < -0.4 is 4.74 Å². The quantitative estimate of drug-likeness (QED) is 0.807. The van der Waals surface area contributed by atoms with Gasteiger partial charge in [0.15, 0.2) is 0 Å². The Balaban J connectivity index is 1.80. The number of morpholine rings is 1. The van der Waals surface area contributed by atoms with Gasteiger partial charge < -0.3 is 14.6 Å². The molecule has 28 heavy (non-hydrogen) atoms. The fourth-order valence-electron chi connectivity index (χ4n) is 2.96. The van der Waals surface area contributed by atoms with Crippen molar-refractivity contribution in [1.29, 1.82) is 0 Å². The summed E-state index contributed by atoms with van der Waals surface area (Å²) in [7, 11) is 0. The van der Waals surface area contributed by atoms with Gasteiger partial charge in [0.25, 0.3) is 0 Å². The lowest BCUT2D eigenvalue weighted by molar-refractivity contribution is -0.137. The number of carbonyl (C=O) groups is 1. The first-order valence-electron chi connectivity index (χ1n) is 8.82. The van der Waals surface area contributed by atoms with Gasteiger partial charge in [-0.15, -0.1) is 0 Å². The van der Waals surface area contributed by atoms with Gasteiger partial charge in [0, 0.05) is 25.2 Å². The Kier molecular flexibility index (Phi) is 6.21. The Bertz CT molecular complexity index is 815. The fourth-order valence-corrected chi connectivity index (χ4v) is 2.96. The van der Waals surface area contributed by atoms with Crippen molar-refractivity contribution >= 4 is 5.97 Å². The molecule has 1 aliphatic heterocycles. The van der Waals surface area contributed by atoms with Crippen LogP contribution in [0.15, 0.2) is 42.5 Å². The summed E-state index contributed by atoms with van der Waals surface area (Å²) in [6.45, 7) is 3.88. The lowest BCUT2D eigenvalue weighted by Gasteiger charge is -2.26. The lowest BCUT2D eigenvalue weighted by Crippen LogP contribution is -2.38. The standard InChI is InChI=1S/C20H20F3NO4/c21-20(22,23)16-4-1-14(2-5-16)17-6-3-15(19(25)26)13-18(17)28-12-9-24-7-10-27-11-8-24/h1-6,13H,7-12H2,(H,25,26). The normalized spacial score (nSPS) is 15.4. The minimum atomic E-state index is -4.41. The van der Waals surface area contributed by atoms with E-state index < -0.39 is 17.7 Å². The zero-order chi connectivity index (χ0) is 20.1. The first-order chi connectivity index (χ1) is 13.3. The summed E-state index contributed by atoms with van der Waals surface area (Å²) in [5, 5.41) is 9.22. The molecule has 8 heteroatoms. The van der Waals surface area contributed by atoms with Gasteiger partial charge in [0.1, 0.15) is 12.4 Å². The second-order valence-electron chi connectivity index (χ2n) is 6.39. The van der Waals surface area contributed by atoms with Crippen LogP contribution in [0, 0.1) is 0 Å². The van der Waals surface area contributed by atoms with E-state index in [-0.39, 0.29) is 5.56 Å². The lowest BCUT2D eigenvalue weighted by atomic mass is 10.0.